The molecule has 2 aliphatic heterocycles. The van der Waals surface area contributed by atoms with E-state index in [1.165, 1.54) is 21.8 Å². The number of nitrogens with zero attached hydrogens (tertiary/aromatic N) is 1. The Hall–Kier alpha value is -6.78. The number of aromatic nitrogens is 1. The summed E-state index contributed by atoms with van der Waals surface area (Å²) in [5.41, 5.74) is 13.4. The minimum absolute atomic E-state index is 0.0449. The number of hydrogen-bond donors (Lipinski definition) is 0. The van der Waals surface area contributed by atoms with Crippen molar-refractivity contribution in [1.29, 1.82) is 0 Å². The van der Waals surface area contributed by atoms with Gasteiger partial charge in [-0.05, 0) is 69.6 Å². The van der Waals surface area contributed by atoms with Crippen molar-refractivity contribution < 1.29 is 9.47 Å². The van der Waals surface area contributed by atoms with Gasteiger partial charge in [-0.3, -0.25) is 0 Å². The highest BCUT2D eigenvalue weighted by atomic mass is 16.5. The fraction of sp³-hybridized carbons (Fsp3) is 0. The lowest BCUT2D eigenvalue weighted by Gasteiger charge is -2.35. The molecule has 0 fully saturated rings. The molecule has 0 N–H and O–H groups in total. The molecule has 0 aliphatic carbocycles. The average molecular weight is 664 g/mol. The van der Waals surface area contributed by atoms with Crippen molar-refractivity contribution in [2.24, 2.45) is 0 Å². The van der Waals surface area contributed by atoms with Gasteiger partial charge in [-0.15, -0.1) is 0 Å². The van der Waals surface area contributed by atoms with E-state index in [2.05, 4.69) is 187 Å². The second-order valence-electron chi connectivity index (χ2n) is 13.6. The lowest BCUT2D eigenvalue weighted by atomic mass is 9.34. The van der Waals surface area contributed by atoms with Crippen LogP contribution in [0.5, 0.6) is 23.0 Å². The van der Waals surface area contributed by atoms with Crippen LogP contribution in [0.1, 0.15) is 0 Å². The van der Waals surface area contributed by atoms with E-state index in [9.17, 15) is 0 Å². The van der Waals surface area contributed by atoms with Crippen molar-refractivity contribution in [2.45, 2.75) is 0 Å². The summed E-state index contributed by atoms with van der Waals surface area (Å²) in [4.78, 5) is 0. The van der Waals surface area contributed by atoms with E-state index in [-0.39, 0.29) is 6.71 Å². The van der Waals surface area contributed by atoms with Crippen LogP contribution in [0.15, 0.2) is 182 Å². The first-order valence-electron chi connectivity index (χ1n) is 17.8. The second-order valence-corrected chi connectivity index (χ2v) is 13.6. The minimum Gasteiger partial charge on any atom is -0.458 e. The smallest absolute Gasteiger partial charge is 0.260 e. The Kier molecular flexibility index (Phi) is 6.35. The van der Waals surface area contributed by atoms with Crippen molar-refractivity contribution in [3.8, 4) is 62.1 Å². The first-order chi connectivity index (χ1) is 25.8. The molecule has 0 spiro atoms. The molecule has 11 rings (SSSR count). The molecular formula is C48H30BNO2. The predicted octanol–water partition coefficient (Wildman–Crippen LogP) is 10.5. The highest BCUT2D eigenvalue weighted by Crippen LogP contribution is 2.43. The van der Waals surface area contributed by atoms with Crippen molar-refractivity contribution >= 4 is 44.9 Å². The molecule has 0 amide bonds. The molecule has 1 aromatic heterocycles. The van der Waals surface area contributed by atoms with Gasteiger partial charge >= 0.3 is 0 Å². The lowest BCUT2D eigenvalue weighted by molar-refractivity contribution is 0.466. The van der Waals surface area contributed by atoms with Gasteiger partial charge in [0.05, 0.1) is 11.0 Å². The topological polar surface area (TPSA) is 23.4 Å². The summed E-state index contributed by atoms with van der Waals surface area (Å²) in [7, 11) is 0. The molecule has 3 heterocycles. The lowest BCUT2D eigenvalue weighted by Crippen LogP contribution is -2.57. The Morgan fingerprint density at radius 1 is 0.385 bits per heavy atom. The summed E-state index contributed by atoms with van der Waals surface area (Å²) in [5.74, 6) is 3.45. The molecule has 52 heavy (non-hydrogen) atoms. The Morgan fingerprint density at radius 3 is 1.38 bits per heavy atom. The van der Waals surface area contributed by atoms with Crippen LogP contribution < -0.4 is 25.9 Å². The Balaban J connectivity index is 1.09. The van der Waals surface area contributed by atoms with Gasteiger partial charge in [0.25, 0.3) is 6.71 Å². The third-order valence-electron chi connectivity index (χ3n) is 10.7. The van der Waals surface area contributed by atoms with Crippen LogP contribution in [0.25, 0.3) is 60.9 Å². The molecule has 242 valence electrons. The summed E-state index contributed by atoms with van der Waals surface area (Å²) in [6.07, 6.45) is 0. The van der Waals surface area contributed by atoms with Crippen LogP contribution in [-0.2, 0) is 0 Å². The first kappa shape index (κ1) is 29.0. The van der Waals surface area contributed by atoms with E-state index < -0.39 is 0 Å². The zero-order valence-electron chi connectivity index (χ0n) is 28.2. The van der Waals surface area contributed by atoms with Gasteiger partial charge in [0, 0.05) is 33.0 Å². The summed E-state index contributed by atoms with van der Waals surface area (Å²) >= 11 is 0. The van der Waals surface area contributed by atoms with E-state index >= 15 is 0 Å². The monoisotopic (exact) mass is 663 g/mol. The quantitative estimate of drug-likeness (QED) is 0.175. The highest BCUT2D eigenvalue weighted by Gasteiger charge is 2.42. The number of hydrogen-bond acceptors (Lipinski definition) is 2. The maximum absolute atomic E-state index is 7.00. The molecule has 0 unspecified atom stereocenters. The Labute approximate surface area is 302 Å². The highest BCUT2D eigenvalue weighted by molar-refractivity contribution is 6.98. The molecule has 0 saturated carbocycles. The van der Waals surface area contributed by atoms with Gasteiger partial charge in [-0.25, -0.2) is 0 Å². The molecule has 8 aromatic carbocycles. The summed E-state index contributed by atoms with van der Waals surface area (Å²) in [5, 5.41) is 2.51. The predicted molar refractivity (Wildman–Crippen MR) is 215 cm³/mol. The Morgan fingerprint density at radius 2 is 0.865 bits per heavy atom. The standard InChI is InChI=1S/C48H30BNO2/c1-3-13-32(14-4-1)36-19-11-21-40-47(36)51-44-29-34(30-45-46(44)49(40)41-22-12-20-37(48(41)52-45)33-15-5-2-6-16-33)31-25-27-35(28-26-31)50-42-23-9-7-17-38(42)39-18-8-10-24-43(39)50/h1-30H. The van der Waals surface area contributed by atoms with Crippen molar-refractivity contribution in [2.75, 3.05) is 0 Å². The normalized spacial score (nSPS) is 12.5. The number of fused-ring (bicyclic) bond motifs is 7. The van der Waals surface area contributed by atoms with Crippen LogP contribution in [0.4, 0.5) is 0 Å². The fourth-order valence-corrected chi connectivity index (χ4v) is 8.41. The number of benzene rings is 8. The Bertz CT molecular complexity index is 2670. The third-order valence-corrected chi connectivity index (χ3v) is 10.7. The van der Waals surface area contributed by atoms with E-state index in [0.29, 0.717) is 0 Å². The van der Waals surface area contributed by atoms with E-state index in [1.54, 1.807) is 0 Å². The zero-order valence-corrected chi connectivity index (χ0v) is 28.2. The number of para-hydroxylation sites is 4. The van der Waals surface area contributed by atoms with Crippen LogP contribution >= 0.6 is 0 Å². The third kappa shape index (κ3) is 4.34. The minimum atomic E-state index is -0.0449. The molecule has 0 bridgehead atoms. The number of ether oxygens (including phenoxy) is 2. The second kappa shape index (κ2) is 11.4. The summed E-state index contributed by atoms with van der Waals surface area (Å²) in [6, 6.07) is 64.6. The molecule has 0 atom stereocenters. The largest absolute Gasteiger partial charge is 0.458 e. The van der Waals surface area contributed by atoms with Gasteiger partial charge < -0.3 is 14.0 Å². The van der Waals surface area contributed by atoms with Gasteiger partial charge in [0.2, 0.25) is 0 Å². The molecular weight excluding hydrogens is 633 g/mol. The molecule has 4 heteroatoms. The van der Waals surface area contributed by atoms with E-state index in [4.69, 9.17) is 9.47 Å². The van der Waals surface area contributed by atoms with Crippen LogP contribution in [-0.4, -0.2) is 11.3 Å². The van der Waals surface area contributed by atoms with Gasteiger partial charge in [0.1, 0.15) is 23.0 Å². The zero-order chi connectivity index (χ0) is 34.2. The van der Waals surface area contributed by atoms with E-state index in [0.717, 1.165) is 78.5 Å². The molecule has 0 radical (unpaired) electrons. The van der Waals surface area contributed by atoms with Crippen LogP contribution in [0, 0.1) is 0 Å². The molecule has 0 saturated heterocycles. The first-order valence-corrected chi connectivity index (χ1v) is 17.8. The van der Waals surface area contributed by atoms with Gasteiger partial charge in [-0.2, -0.15) is 0 Å². The molecule has 3 nitrogen and oxygen atoms in total. The fourth-order valence-electron chi connectivity index (χ4n) is 8.41. The van der Waals surface area contributed by atoms with Crippen LogP contribution in [0.3, 0.4) is 0 Å². The van der Waals surface area contributed by atoms with Crippen molar-refractivity contribution in [3.05, 3.63) is 182 Å². The van der Waals surface area contributed by atoms with Gasteiger partial charge in [-0.1, -0.05) is 146 Å². The summed E-state index contributed by atoms with van der Waals surface area (Å²) in [6.45, 7) is -0.0449. The van der Waals surface area contributed by atoms with Crippen molar-refractivity contribution in [3.63, 3.8) is 0 Å². The molecule has 9 aromatic rings. The maximum atomic E-state index is 7.00. The average Bonchev–Trinajstić information content (AvgIpc) is 3.55. The van der Waals surface area contributed by atoms with Crippen LogP contribution in [0.2, 0.25) is 0 Å². The molecule has 2 aliphatic rings. The number of rotatable bonds is 4. The van der Waals surface area contributed by atoms with Crippen molar-refractivity contribution in [1.82, 2.24) is 4.57 Å². The van der Waals surface area contributed by atoms with E-state index in [1.807, 2.05) is 0 Å². The van der Waals surface area contributed by atoms with Gasteiger partial charge in [0.15, 0.2) is 0 Å². The SMILES string of the molecule is c1ccc(-c2cccc3c2Oc2cc(-c4ccc(-n5c6ccccc6c6ccccc65)cc4)cc4c2B3c2cccc(-c3ccccc3)c2O4)cc1. The summed E-state index contributed by atoms with van der Waals surface area (Å²) < 4.78 is 16.3. The maximum Gasteiger partial charge on any atom is 0.260 e.